The second-order valence-corrected chi connectivity index (χ2v) is 3.99. The van der Waals surface area contributed by atoms with Gasteiger partial charge in [0.05, 0.1) is 0 Å². The molecule has 0 saturated heterocycles. The molecule has 0 aliphatic carbocycles. The Morgan fingerprint density at radius 2 is 0.917 bits per heavy atom. The van der Waals surface area contributed by atoms with Crippen LogP contribution in [-0.4, -0.2) is 54.8 Å². The summed E-state index contributed by atoms with van der Waals surface area (Å²) in [6.45, 7) is 0. The summed E-state index contributed by atoms with van der Waals surface area (Å²) in [6.07, 6.45) is 0. The molecule has 0 radical (unpaired) electrons. The number of carboxylic acids is 2. The molecule has 128 valence electrons. The molecular weight excluding hydrogens is 323 g/mol. The van der Waals surface area contributed by atoms with Crippen molar-refractivity contribution in [2.75, 3.05) is 0 Å². The minimum absolute atomic E-state index is 0.0671. The second-order valence-electron chi connectivity index (χ2n) is 3.99. The molecule has 9 nitrogen and oxygen atoms in total. The van der Waals surface area contributed by atoms with E-state index in [1.807, 2.05) is 0 Å². The summed E-state index contributed by atoms with van der Waals surface area (Å²) in [5.41, 5.74) is -0.134. The first-order valence-corrected chi connectivity index (χ1v) is 6.23. The Kier molecular flexibility index (Phi) is 9.26. The molecular formula is C14H15BO9. The zero-order valence-corrected chi connectivity index (χ0v) is 12.1. The lowest BCUT2D eigenvalue weighted by atomic mass is 10.2. The molecule has 0 aromatic heterocycles. The van der Waals surface area contributed by atoms with E-state index in [0.29, 0.717) is 0 Å². The maximum Gasteiger partial charge on any atom is 0.631 e. The number of para-hydroxylation sites is 2. The molecule has 0 bridgehead atoms. The summed E-state index contributed by atoms with van der Waals surface area (Å²) >= 11 is 0. The van der Waals surface area contributed by atoms with Gasteiger partial charge in [-0.2, -0.15) is 0 Å². The number of aromatic carboxylic acids is 2. The molecule has 0 atom stereocenters. The summed E-state index contributed by atoms with van der Waals surface area (Å²) in [5.74, 6) is -2.62. The van der Waals surface area contributed by atoms with Crippen molar-refractivity contribution in [3.63, 3.8) is 0 Å². The summed E-state index contributed by atoms with van der Waals surface area (Å²) in [6, 6.07) is 11.6. The van der Waals surface area contributed by atoms with Crippen LogP contribution in [0.5, 0.6) is 11.5 Å². The number of rotatable bonds is 2. The fourth-order valence-electron chi connectivity index (χ4n) is 1.31. The van der Waals surface area contributed by atoms with Crippen molar-refractivity contribution in [1.29, 1.82) is 0 Å². The van der Waals surface area contributed by atoms with Gasteiger partial charge < -0.3 is 35.5 Å². The van der Waals surface area contributed by atoms with Crippen LogP contribution in [0.25, 0.3) is 0 Å². The first-order chi connectivity index (χ1) is 11.2. The summed E-state index contributed by atoms with van der Waals surface area (Å²) < 4.78 is 0. The summed E-state index contributed by atoms with van der Waals surface area (Å²) in [7, 11) is -2.17. The highest BCUT2D eigenvalue weighted by atomic mass is 16.5. The molecule has 0 heterocycles. The number of phenols is 2. The van der Waals surface area contributed by atoms with Gasteiger partial charge in [-0.15, -0.1) is 0 Å². The SMILES string of the molecule is O=C(O)c1ccccc1O.O=C(O)c1ccccc1O.OB(O)O. The van der Waals surface area contributed by atoms with Gasteiger partial charge in [-0.1, -0.05) is 24.3 Å². The molecule has 7 N–H and O–H groups in total. The summed E-state index contributed by atoms with van der Waals surface area (Å²) in [4.78, 5) is 20.5. The molecule has 0 aliphatic rings. The molecule has 2 aromatic rings. The van der Waals surface area contributed by atoms with Crippen molar-refractivity contribution >= 4 is 19.3 Å². The normalized spacial score (nSPS) is 8.79. The van der Waals surface area contributed by atoms with Crippen molar-refractivity contribution in [1.82, 2.24) is 0 Å². The highest BCUT2D eigenvalue weighted by Gasteiger charge is 2.06. The van der Waals surface area contributed by atoms with Crippen LogP contribution in [0, 0.1) is 0 Å². The van der Waals surface area contributed by atoms with E-state index in [-0.39, 0.29) is 22.6 Å². The number of carboxylic acid groups (broad SMARTS) is 2. The largest absolute Gasteiger partial charge is 0.631 e. The van der Waals surface area contributed by atoms with Gasteiger partial charge in [0.2, 0.25) is 0 Å². The molecule has 10 heteroatoms. The monoisotopic (exact) mass is 338 g/mol. The Morgan fingerprint density at radius 3 is 1.08 bits per heavy atom. The maximum atomic E-state index is 10.3. The Hall–Kier alpha value is -3.08. The summed E-state index contributed by atoms with van der Waals surface area (Å²) in [5, 5.41) is 56.1. The fraction of sp³-hybridized carbons (Fsp3) is 0. The van der Waals surface area contributed by atoms with Gasteiger partial charge in [0.1, 0.15) is 22.6 Å². The van der Waals surface area contributed by atoms with E-state index in [4.69, 9.17) is 35.5 Å². The van der Waals surface area contributed by atoms with E-state index >= 15 is 0 Å². The maximum absolute atomic E-state index is 10.3. The minimum Gasteiger partial charge on any atom is -0.507 e. The minimum atomic E-state index is -2.17. The predicted molar refractivity (Wildman–Crippen MR) is 82.5 cm³/mol. The van der Waals surface area contributed by atoms with Crippen molar-refractivity contribution in [2.45, 2.75) is 0 Å². The van der Waals surface area contributed by atoms with Crippen LogP contribution in [0.4, 0.5) is 0 Å². The zero-order valence-electron chi connectivity index (χ0n) is 12.1. The standard InChI is InChI=1S/2C7H6O3.BH3O3/c2*8-6-4-2-1-3-5(6)7(9)10;2-1(3)4/h2*1-4,8H,(H,9,10);2-4H. The molecule has 2 rings (SSSR count). The van der Waals surface area contributed by atoms with Gasteiger partial charge in [-0.05, 0) is 24.3 Å². The highest BCUT2D eigenvalue weighted by molar-refractivity contribution is 6.30. The van der Waals surface area contributed by atoms with E-state index < -0.39 is 19.3 Å². The number of benzene rings is 2. The Balaban J connectivity index is 0.000000363. The van der Waals surface area contributed by atoms with E-state index in [1.54, 1.807) is 24.3 Å². The van der Waals surface area contributed by atoms with Gasteiger partial charge in [-0.3, -0.25) is 0 Å². The quantitative estimate of drug-likeness (QED) is 0.375. The number of hydrogen-bond donors (Lipinski definition) is 7. The first kappa shape index (κ1) is 20.9. The molecule has 0 spiro atoms. The van der Waals surface area contributed by atoms with E-state index in [2.05, 4.69) is 0 Å². The lowest BCUT2D eigenvalue weighted by Crippen LogP contribution is -2.07. The van der Waals surface area contributed by atoms with Gasteiger partial charge >= 0.3 is 19.3 Å². The number of aromatic hydroxyl groups is 2. The van der Waals surface area contributed by atoms with Gasteiger partial charge in [0, 0.05) is 0 Å². The molecule has 0 saturated carbocycles. The average molecular weight is 338 g/mol. The first-order valence-electron chi connectivity index (χ1n) is 6.23. The van der Waals surface area contributed by atoms with Crippen LogP contribution in [0.3, 0.4) is 0 Å². The highest BCUT2D eigenvalue weighted by Crippen LogP contribution is 2.15. The third kappa shape index (κ3) is 8.39. The number of hydrogen-bond acceptors (Lipinski definition) is 7. The third-order valence-corrected chi connectivity index (χ3v) is 2.27. The van der Waals surface area contributed by atoms with E-state index in [1.165, 1.54) is 24.3 Å². The van der Waals surface area contributed by atoms with Crippen molar-refractivity contribution < 1.29 is 45.1 Å². The molecule has 2 aromatic carbocycles. The second kappa shape index (κ2) is 10.6. The topological polar surface area (TPSA) is 176 Å². The molecule has 0 amide bonds. The van der Waals surface area contributed by atoms with Crippen molar-refractivity contribution in [3.8, 4) is 11.5 Å². The Labute approximate surface area is 136 Å². The molecule has 0 unspecified atom stereocenters. The van der Waals surface area contributed by atoms with Crippen LogP contribution in [0.1, 0.15) is 20.7 Å². The average Bonchev–Trinajstić information content (AvgIpc) is 2.47. The Morgan fingerprint density at radius 1 is 0.667 bits per heavy atom. The third-order valence-electron chi connectivity index (χ3n) is 2.27. The van der Waals surface area contributed by atoms with Crippen LogP contribution in [0.15, 0.2) is 48.5 Å². The predicted octanol–water partition coefficient (Wildman–Crippen LogP) is 0.129. The molecule has 0 aliphatic heterocycles. The smallest absolute Gasteiger partial charge is 0.507 e. The van der Waals surface area contributed by atoms with Gasteiger partial charge in [0.25, 0.3) is 0 Å². The van der Waals surface area contributed by atoms with Crippen LogP contribution < -0.4 is 0 Å². The van der Waals surface area contributed by atoms with Gasteiger partial charge in [-0.25, -0.2) is 9.59 Å². The lowest BCUT2D eigenvalue weighted by Gasteiger charge is -1.95. The van der Waals surface area contributed by atoms with Crippen molar-refractivity contribution in [2.24, 2.45) is 0 Å². The lowest BCUT2D eigenvalue weighted by molar-refractivity contribution is 0.0682. The molecule has 24 heavy (non-hydrogen) atoms. The van der Waals surface area contributed by atoms with Crippen LogP contribution in [-0.2, 0) is 0 Å². The van der Waals surface area contributed by atoms with Crippen LogP contribution >= 0.6 is 0 Å². The van der Waals surface area contributed by atoms with Crippen molar-refractivity contribution in [3.05, 3.63) is 59.7 Å². The fourth-order valence-corrected chi connectivity index (χ4v) is 1.31. The number of carbonyl (C=O) groups is 2. The van der Waals surface area contributed by atoms with Gasteiger partial charge in [0.15, 0.2) is 0 Å². The van der Waals surface area contributed by atoms with E-state index in [0.717, 1.165) is 0 Å². The zero-order chi connectivity index (χ0) is 18.7. The van der Waals surface area contributed by atoms with Crippen LogP contribution in [0.2, 0.25) is 0 Å². The van der Waals surface area contributed by atoms with E-state index in [9.17, 15) is 9.59 Å². The molecule has 0 fully saturated rings. The Bertz CT molecular complexity index is 615.